The maximum absolute atomic E-state index is 13.6. The van der Waals surface area contributed by atoms with Crippen molar-refractivity contribution in [3.05, 3.63) is 65.7 Å². The lowest BCUT2D eigenvalue weighted by Crippen LogP contribution is -2.50. The molecule has 0 aromatic heterocycles. The summed E-state index contributed by atoms with van der Waals surface area (Å²) in [5, 5.41) is 13.8. The Morgan fingerprint density at radius 3 is 2.46 bits per heavy atom. The Bertz CT molecular complexity index is 723. The van der Waals surface area contributed by atoms with Crippen LogP contribution in [0.4, 0.5) is 4.39 Å². The van der Waals surface area contributed by atoms with Crippen LogP contribution >= 0.6 is 0 Å². The van der Waals surface area contributed by atoms with E-state index >= 15 is 0 Å². The lowest BCUT2D eigenvalue weighted by Gasteiger charge is -2.22. The number of benzene rings is 2. The van der Waals surface area contributed by atoms with Gasteiger partial charge < -0.3 is 9.94 Å². The second-order valence-corrected chi connectivity index (χ2v) is 7.44. The van der Waals surface area contributed by atoms with Crippen molar-refractivity contribution in [2.24, 2.45) is 5.16 Å². The maximum Gasteiger partial charge on any atom is 0.320 e. The van der Waals surface area contributed by atoms with Crippen LogP contribution in [0.3, 0.4) is 0 Å². The summed E-state index contributed by atoms with van der Waals surface area (Å²) in [7, 11) is 1.54. The van der Waals surface area contributed by atoms with Crippen LogP contribution in [-0.4, -0.2) is 35.6 Å². The minimum absolute atomic E-state index is 0.488. The van der Waals surface area contributed by atoms with Gasteiger partial charge in [-0.25, -0.2) is 4.39 Å². The molecule has 2 aromatic rings. The molecule has 6 heteroatoms. The van der Waals surface area contributed by atoms with Gasteiger partial charge in [0.25, 0.3) is 5.25 Å². The number of oxime groups is 1. The normalized spacial score (nSPS) is 24.3. The van der Waals surface area contributed by atoms with Gasteiger partial charge in [-0.2, -0.15) is 4.18 Å². The molecule has 0 bridgehead atoms. The van der Waals surface area contributed by atoms with E-state index in [0.29, 0.717) is 5.71 Å². The molecule has 0 amide bonds. The fourth-order valence-electron chi connectivity index (χ4n) is 2.61. The fraction of sp³-hybridized carbons (Fsp3) is 0.278. The van der Waals surface area contributed by atoms with Crippen LogP contribution in [0.25, 0.3) is 0 Å². The molecule has 1 aliphatic rings. The van der Waals surface area contributed by atoms with Crippen molar-refractivity contribution in [1.29, 1.82) is 0 Å². The first-order valence-corrected chi connectivity index (χ1v) is 8.74. The van der Waals surface area contributed by atoms with Crippen LogP contribution in [0.5, 0.6) is 0 Å². The molecule has 4 nitrogen and oxygen atoms in total. The maximum atomic E-state index is 13.6. The molecule has 3 rings (SSSR count). The average molecular weight is 348 g/mol. The van der Waals surface area contributed by atoms with E-state index in [2.05, 4.69) is 5.16 Å². The van der Waals surface area contributed by atoms with Crippen molar-refractivity contribution in [2.75, 3.05) is 13.8 Å². The molecule has 1 aliphatic heterocycles. The van der Waals surface area contributed by atoms with Crippen molar-refractivity contribution < 1.29 is 18.5 Å². The zero-order valence-corrected chi connectivity index (χ0v) is 14.3. The Morgan fingerprint density at radius 1 is 1.21 bits per heavy atom. The van der Waals surface area contributed by atoms with Gasteiger partial charge in [0, 0.05) is 5.56 Å². The zero-order valence-electron chi connectivity index (χ0n) is 13.5. The number of aliphatic hydroxyl groups is 1. The minimum atomic E-state index is -2.03. The summed E-state index contributed by atoms with van der Waals surface area (Å²) in [5.41, 5.74) is 2.37. The Morgan fingerprint density at radius 2 is 1.88 bits per heavy atom. The number of aryl methyl sites for hydroxylation is 1. The van der Waals surface area contributed by atoms with Gasteiger partial charge in [-0.3, -0.25) is 0 Å². The van der Waals surface area contributed by atoms with Crippen molar-refractivity contribution in [3.8, 4) is 0 Å². The molecule has 1 N–H and O–H groups in total. The third-order valence-electron chi connectivity index (χ3n) is 3.87. The molecule has 0 spiro atoms. The topological polar surface area (TPSA) is 51.0 Å². The van der Waals surface area contributed by atoms with E-state index in [1.807, 2.05) is 61.5 Å². The molecule has 3 atom stereocenters. The lowest BCUT2D eigenvalue weighted by atomic mass is 10.0. The van der Waals surface area contributed by atoms with Gasteiger partial charge in [-0.15, -0.1) is 0 Å². The van der Waals surface area contributed by atoms with E-state index in [1.165, 1.54) is 0 Å². The molecule has 126 valence electrons. The quantitative estimate of drug-likeness (QED) is 0.845. The van der Waals surface area contributed by atoms with Gasteiger partial charge in [0.05, 0.1) is 7.11 Å². The number of hydrogen-bond acceptors (Lipinski definition) is 4. The number of nitrogens with zero attached hydrogens (tertiary/aromatic N) is 1. The van der Waals surface area contributed by atoms with Gasteiger partial charge in [0.2, 0.25) is 11.2 Å². The minimum Gasteiger partial charge on any atom is -0.351 e. The molecule has 24 heavy (non-hydrogen) atoms. The predicted octanol–water partition coefficient (Wildman–Crippen LogP) is 2.99. The largest absolute Gasteiger partial charge is 0.351 e. The third-order valence-corrected chi connectivity index (χ3v) is 5.98. The fourth-order valence-corrected chi connectivity index (χ4v) is 4.50. The van der Waals surface area contributed by atoms with E-state index in [9.17, 15) is 9.50 Å². The van der Waals surface area contributed by atoms with Crippen molar-refractivity contribution in [3.63, 3.8) is 0 Å². The van der Waals surface area contributed by atoms with Gasteiger partial charge in [0.15, 0.2) is 17.3 Å². The van der Waals surface area contributed by atoms with Crippen molar-refractivity contribution >= 4 is 16.9 Å². The van der Waals surface area contributed by atoms with Crippen molar-refractivity contribution in [2.45, 2.75) is 22.9 Å². The van der Waals surface area contributed by atoms with Crippen LogP contribution in [-0.2, 0) is 20.2 Å². The lowest BCUT2D eigenvalue weighted by molar-refractivity contribution is -0.191. The van der Waals surface area contributed by atoms with E-state index in [0.717, 1.165) is 16.0 Å². The summed E-state index contributed by atoms with van der Waals surface area (Å²) in [6.45, 7) is 0.915. The summed E-state index contributed by atoms with van der Waals surface area (Å²) in [4.78, 5) is 5.95. The first kappa shape index (κ1) is 17.0. The number of hydrogen-bond donors (Lipinski definition) is 1. The molecule has 0 saturated heterocycles. The molecular weight excluding hydrogens is 329 g/mol. The highest BCUT2D eigenvalue weighted by molar-refractivity contribution is 7.94. The zero-order chi connectivity index (χ0) is 17.2. The number of halogens is 1. The summed E-state index contributed by atoms with van der Waals surface area (Å²) in [6.07, 6.45) is 0. The molecule has 0 saturated carbocycles. The standard InChI is InChI=1S/C18H19FNO3S/c1-13-8-10-15(11-9-13)24(22-2)17-16(14-6-4-3-5-7-14)20-23-18(17,21)12-19/h3-11,17,21H,12H2,1-2H3/q+1. The highest BCUT2D eigenvalue weighted by Crippen LogP contribution is 2.36. The molecule has 3 unspecified atom stereocenters. The second kappa shape index (κ2) is 6.93. The van der Waals surface area contributed by atoms with Crippen LogP contribution in [0.1, 0.15) is 11.1 Å². The van der Waals surface area contributed by atoms with Gasteiger partial charge >= 0.3 is 5.79 Å². The number of rotatable bonds is 5. The van der Waals surface area contributed by atoms with Crippen LogP contribution < -0.4 is 0 Å². The second-order valence-electron chi connectivity index (χ2n) is 5.57. The third kappa shape index (κ3) is 3.05. The molecule has 0 radical (unpaired) electrons. The Labute approximate surface area is 143 Å². The van der Waals surface area contributed by atoms with E-state index in [-0.39, 0.29) is 0 Å². The van der Waals surface area contributed by atoms with Crippen LogP contribution in [0.2, 0.25) is 0 Å². The van der Waals surface area contributed by atoms with Gasteiger partial charge in [0.1, 0.15) is 0 Å². The molecule has 1 heterocycles. The first-order valence-electron chi connectivity index (χ1n) is 7.53. The Balaban J connectivity index is 2.04. The first-order chi connectivity index (χ1) is 11.6. The monoisotopic (exact) mass is 348 g/mol. The molecule has 0 fully saturated rings. The van der Waals surface area contributed by atoms with E-state index in [1.54, 1.807) is 7.11 Å². The molecule has 0 aliphatic carbocycles. The highest BCUT2D eigenvalue weighted by Gasteiger charge is 2.61. The summed E-state index contributed by atoms with van der Waals surface area (Å²) < 4.78 is 19.2. The SMILES string of the molecule is CO[S+](c1ccc(C)cc1)C1C(c2ccccc2)=NOC1(O)CF. The van der Waals surface area contributed by atoms with E-state index in [4.69, 9.17) is 9.02 Å². The van der Waals surface area contributed by atoms with Crippen LogP contribution in [0.15, 0.2) is 64.6 Å². The Hall–Kier alpha value is -1.89. The van der Waals surface area contributed by atoms with Crippen LogP contribution in [0, 0.1) is 6.92 Å². The smallest absolute Gasteiger partial charge is 0.320 e. The average Bonchev–Trinajstić information content (AvgIpc) is 2.96. The highest BCUT2D eigenvalue weighted by atomic mass is 32.2. The van der Waals surface area contributed by atoms with Gasteiger partial charge in [-0.1, -0.05) is 53.2 Å². The predicted molar refractivity (Wildman–Crippen MR) is 92.6 cm³/mol. The van der Waals surface area contributed by atoms with Gasteiger partial charge in [-0.05, 0) is 19.1 Å². The van der Waals surface area contributed by atoms with Crippen molar-refractivity contribution in [1.82, 2.24) is 0 Å². The summed E-state index contributed by atoms with van der Waals surface area (Å²) in [6, 6.07) is 17.1. The summed E-state index contributed by atoms with van der Waals surface area (Å²) in [5.74, 6) is -2.03. The molecular formula is C18H19FNO3S+. The van der Waals surface area contributed by atoms with E-state index < -0.39 is 28.9 Å². The summed E-state index contributed by atoms with van der Waals surface area (Å²) >= 11 is -0.924. The molecule has 2 aromatic carbocycles. The number of alkyl halides is 1. The Kier molecular flexibility index (Phi) is 4.89.